The van der Waals surface area contributed by atoms with E-state index in [4.69, 9.17) is 0 Å². The third-order valence-corrected chi connectivity index (χ3v) is 0.614. The monoisotopic (exact) mass is 139 g/mol. The average molecular weight is 139 g/mol. The molecule has 6 heteroatoms. The molecule has 0 fully saturated rings. The van der Waals surface area contributed by atoms with Crippen molar-refractivity contribution in [2.45, 2.75) is 0 Å². The number of nitrogens with zero attached hydrogens (tertiary/aromatic N) is 4. The van der Waals surface area contributed by atoms with Gasteiger partial charge in [-0.3, -0.25) is 5.10 Å². The highest BCUT2D eigenvalue weighted by Gasteiger charge is 1.61. The summed E-state index contributed by atoms with van der Waals surface area (Å²) in [5, 5.41) is 9.22. The molecule has 0 unspecified atom stereocenters. The number of aromatic amines is 1. The normalized spacial score (nSPS) is 8.00. The first-order valence-corrected chi connectivity index (χ1v) is 2.48. The molecule has 2 rings (SSSR count). The van der Waals surface area contributed by atoms with Gasteiger partial charge in [-0.1, -0.05) is 5.16 Å². The lowest BCUT2D eigenvalue weighted by molar-refractivity contribution is 0.416. The Bertz CT molecular complexity index is 153. The third kappa shape index (κ3) is 2.55. The Hall–Kier alpha value is -1.72. The van der Waals surface area contributed by atoms with Crippen molar-refractivity contribution in [3.8, 4) is 0 Å². The van der Waals surface area contributed by atoms with Crippen LogP contribution in [0.2, 0.25) is 0 Å². The first kappa shape index (κ1) is 6.40. The van der Waals surface area contributed by atoms with Gasteiger partial charge in [-0.25, -0.2) is 9.97 Å². The third-order valence-electron chi connectivity index (χ3n) is 0.614. The largest absolute Gasteiger partial charge is 0.343 e. The summed E-state index contributed by atoms with van der Waals surface area (Å²) in [4.78, 5) is 7.00. The lowest BCUT2D eigenvalue weighted by atomic mass is 11.3. The molecule has 0 radical (unpaired) electrons. The molecular weight excluding hydrogens is 134 g/mol. The topological polar surface area (TPSA) is 80.5 Å². The van der Waals surface area contributed by atoms with Gasteiger partial charge in [-0.2, -0.15) is 5.10 Å². The van der Waals surface area contributed by atoms with Crippen LogP contribution in [0.25, 0.3) is 0 Å². The predicted molar refractivity (Wildman–Crippen MR) is 30.7 cm³/mol. The van der Waals surface area contributed by atoms with Gasteiger partial charge in [-0.15, -0.1) is 0 Å². The first-order valence-electron chi connectivity index (χ1n) is 2.48. The number of aromatic nitrogens is 5. The minimum absolute atomic E-state index is 1.26. The number of hydrogen-bond acceptors (Lipinski definition) is 5. The van der Waals surface area contributed by atoms with E-state index >= 15 is 0 Å². The molecule has 10 heavy (non-hydrogen) atoms. The molecule has 2 aromatic heterocycles. The molecule has 0 aliphatic rings. The Morgan fingerprint density at radius 3 is 2.40 bits per heavy atom. The van der Waals surface area contributed by atoms with Crippen LogP contribution in [0.4, 0.5) is 0 Å². The van der Waals surface area contributed by atoms with Crippen LogP contribution in [0.3, 0.4) is 0 Å². The average Bonchev–Trinajstić information content (AvgIpc) is 2.67. The highest BCUT2D eigenvalue weighted by molar-refractivity contribution is 4.43. The molecule has 0 aromatic carbocycles. The molecule has 0 atom stereocenters. The van der Waals surface area contributed by atoms with Crippen molar-refractivity contribution in [3.63, 3.8) is 0 Å². The quantitative estimate of drug-likeness (QED) is 0.550. The van der Waals surface area contributed by atoms with Crippen molar-refractivity contribution in [2.75, 3.05) is 0 Å². The van der Waals surface area contributed by atoms with Crippen LogP contribution in [0.15, 0.2) is 29.9 Å². The van der Waals surface area contributed by atoms with Crippen LogP contribution in [0.5, 0.6) is 0 Å². The Morgan fingerprint density at radius 2 is 2.20 bits per heavy atom. The maximum Gasteiger partial charge on any atom is 0.213 e. The van der Waals surface area contributed by atoms with E-state index in [2.05, 4.69) is 29.8 Å². The molecule has 0 aliphatic carbocycles. The fraction of sp³-hybridized carbons (Fsp3) is 0. The number of rotatable bonds is 0. The van der Waals surface area contributed by atoms with E-state index in [9.17, 15) is 0 Å². The molecule has 1 N–H and O–H groups in total. The number of hydrogen-bond donors (Lipinski definition) is 1. The summed E-state index contributed by atoms with van der Waals surface area (Å²) in [7, 11) is 0. The van der Waals surface area contributed by atoms with E-state index in [1.165, 1.54) is 25.4 Å². The van der Waals surface area contributed by atoms with E-state index < -0.39 is 0 Å². The maximum absolute atomic E-state index is 4.22. The molecule has 2 heterocycles. The smallest absolute Gasteiger partial charge is 0.213 e. The Morgan fingerprint density at radius 1 is 1.20 bits per heavy atom. The second-order valence-corrected chi connectivity index (χ2v) is 1.23. The van der Waals surface area contributed by atoms with Gasteiger partial charge in [0, 0.05) is 0 Å². The summed E-state index contributed by atoms with van der Waals surface area (Å²) in [5.41, 5.74) is 0. The van der Waals surface area contributed by atoms with Crippen molar-refractivity contribution in [3.05, 3.63) is 25.4 Å². The van der Waals surface area contributed by atoms with Crippen LogP contribution in [-0.4, -0.2) is 25.3 Å². The minimum Gasteiger partial charge on any atom is -0.343 e. The minimum atomic E-state index is 1.26. The highest BCUT2D eigenvalue weighted by atomic mass is 16.5. The molecule has 0 saturated heterocycles. The fourth-order valence-corrected chi connectivity index (χ4v) is 0.303. The zero-order valence-electron chi connectivity index (χ0n) is 5.01. The van der Waals surface area contributed by atoms with Crippen molar-refractivity contribution >= 4 is 0 Å². The molecule has 0 spiro atoms. The van der Waals surface area contributed by atoms with Crippen LogP contribution in [0, 0.1) is 0 Å². The van der Waals surface area contributed by atoms with Crippen LogP contribution in [0.1, 0.15) is 0 Å². The Balaban J connectivity index is 0.0000001000. The van der Waals surface area contributed by atoms with E-state index in [0.29, 0.717) is 0 Å². The second kappa shape index (κ2) is 4.19. The van der Waals surface area contributed by atoms with E-state index in [-0.39, 0.29) is 0 Å². The van der Waals surface area contributed by atoms with Crippen molar-refractivity contribution < 1.29 is 4.52 Å². The summed E-state index contributed by atoms with van der Waals surface area (Å²) in [6.07, 6.45) is 5.56. The molecule has 0 aliphatic heterocycles. The van der Waals surface area contributed by atoms with Crippen LogP contribution < -0.4 is 0 Å². The molecule has 6 nitrogen and oxygen atoms in total. The van der Waals surface area contributed by atoms with Crippen LogP contribution >= 0.6 is 0 Å². The van der Waals surface area contributed by atoms with E-state index in [1.807, 2.05) is 0 Å². The number of H-pyrrole nitrogens is 1. The van der Waals surface area contributed by atoms with Crippen LogP contribution in [-0.2, 0) is 0 Å². The summed E-state index contributed by atoms with van der Waals surface area (Å²) in [5.74, 6) is 0. The fourth-order valence-electron chi connectivity index (χ4n) is 0.303. The van der Waals surface area contributed by atoms with E-state index in [1.54, 1.807) is 0 Å². The Kier molecular flexibility index (Phi) is 2.68. The van der Waals surface area contributed by atoms with Crippen molar-refractivity contribution in [1.82, 2.24) is 25.3 Å². The molecule has 0 amide bonds. The van der Waals surface area contributed by atoms with Crippen molar-refractivity contribution in [1.29, 1.82) is 0 Å². The zero-order valence-corrected chi connectivity index (χ0v) is 5.01. The lowest BCUT2D eigenvalue weighted by Crippen LogP contribution is -1.53. The molecule has 0 saturated carbocycles. The standard InChI is InChI=1S/C2H3N3.C2H2N2O/c2*1-3-2-5-4-1/h1-2H,(H,3,4,5);1-2H. The Labute approximate surface area is 56.3 Å². The number of nitrogens with one attached hydrogen (secondary N) is 1. The van der Waals surface area contributed by atoms with Gasteiger partial charge in [0.1, 0.15) is 12.7 Å². The molecular formula is C4H5N5O. The predicted octanol–water partition coefficient (Wildman–Crippen LogP) is -0.126. The SMILES string of the molecule is c1nc[nH]n1.c1ncon1. The maximum atomic E-state index is 4.22. The van der Waals surface area contributed by atoms with Crippen molar-refractivity contribution in [2.24, 2.45) is 0 Å². The summed E-state index contributed by atoms with van der Waals surface area (Å²) in [6, 6.07) is 0. The lowest BCUT2D eigenvalue weighted by Gasteiger charge is -1.46. The van der Waals surface area contributed by atoms with Gasteiger partial charge in [0.25, 0.3) is 0 Å². The van der Waals surface area contributed by atoms with Gasteiger partial charge in [-0.05, 0) is 0 Å². The summed E-state index contributed by atoms with van der Waals surface area (Å²) < 4.78 is 4.22. The van der Waals surface area contributed by atoms with Gasteiger partial charge >= 0.3 is 0 Å². The zero-order chi connectivity index (χ0) is 7.07. The highest BCUT2D eigenvalue weighted by Crippen LogP contribution is 1.62. The van der Waals surface area contributed by atoms with Gasteiger partial charge < -0.3 is 4.52 Å². The molecule has 2 aromatic rings. The second-order valence-electron chi connectivity index (χ2n) is 1.23. The molecule has 0 bridgehead atoms. The van der Waals surface area contributed by atoms with Gasteiger partial charge in [0.15, 0.2) is 6.33 Å². The van der Waals surface area contributed by atoms with Gasteiger partial charge in [0.05, 0.1) is 0 Å². The van der Waals surface area contributed by atoms with E-state index in [0.717, 1.165) is 0 Å². The first-order chi connectivity index (χ1) is 5.00. The van der Waals surface area contributed by atoms with Gasteiger partial charge in [0.2, 0.25) is 6.39 Å². The summed E-state index contributed by atoms with van der Waals surface area (Å²) in [6.45, 7) is 0. The summed E-state index contributed by atoms with van der Waals surface area (Å²) >= 11 is 0. The molecule has 52 valence electrons.